The molecule has 0 spiro atoms. The Morgan fingerprint density at radius 2 is 2.18 bits per heavy atom. The van der Waals surface area contributed by atoms with Crippen LogP contribution in [0.2, 0.25) is 0 Å². The van der Waals surface area contributed by atoms with E-state index in [2.05, 4.69) is 11.9 Å². The molecule has 0 aliphatic carbocycles. The van der Waals surface area contributed by atoms with Crippen LogP contribution in [0.25, 0.3) is 17.0 Å². The number of H-pyrrole nitrogens is 1. The van der Waals surface area contributed by atoms with Crippen LogP contribution in [0, 0.1) is 5.92 Å². The maximum Gasteiger partial charge on any atom is 0.255 e. The van der Waals surface area contributed by atoms with Crippen molar-refractivity contribution in [1.29, 1.82) is 0 Å². The summed E-state index contributed by atoms with van der Waals surface area (Å²) >= 11 is 0. The number of aromatic amines is 1. The van der Waals surface area contributed by atoms with Gasteiger partial charge in [-0.25, -0.2) is 0 Å². The Morgan fingerprint density at radius 1 is 1.36 bits per heavy atom. The lowest BCUT2D eigenvalue weighted by molar-refractivity contribution is -0.127. The van der Waals surface area contributed by atoms with Crippen LogP contribution in [0.1, 0.15) is 25.3 Å². The van der Waals surface area contributed by atoms with Crippen LogP contribution in [0.4, 0.5) is 0 Å². The number of hydrogen-bond donors (Lipinski definition) is 1. The number of benzene rings is 1. The van der Waals surface area contributed by atoms with Crippen LogP contribution < -0.4 is 5.56 Å². The van der Waals surface area contributed by atoms with Gasteiger partial charge in [0, 0.05) is 30.2 Å². The zero-order chi connectivity index (χ0) is 15.5. The normalized spacial score (nSPS) is 19.0. The van der Waals surface area contributed by atoms with E-state index in [0.717, 1.165) is 30.4 Å². The van der Waals surface area contributed by atoms with Gasteiger partial charge < -0.3 is 9.88 Å². The third-order valence-corrected chi connectivity index (χ3v) is 4.16. The van der Waals surface area contributed by atoms with Gasteiger partial charge in [0.1, 0.15) is 0 Å². The average molecular weight is 296 g/mol. The van der Waals surface area contributed by atoms with E-state index in [-0.39, 0.29) is 11.5 Å². The molecular weight excluding hydrogens is 276 g/mol. The lowest BCUT2D eigenvalue weighted by Crippen LogP contribution is -2.38. The predicted octanol–water partition coefficient (Wildman–Crippen LogP) is 2.80. The van der Waals surface area contributed by atoms with Gasteiger partial charge in [0.25, 0.3) is 5.56 Å². The Morgan fingerprint density at radius 3 is 3.00 bits per heavy atom. The molecule has 114 valence electrons. The van der Waals surface area contributed by atoms with Gasteiger partial charge in [0.15, 0.2) is 0 Å². The number of nitrogens with one attached hydrogen (secondary N) is 1. The number of amides is 1. The summed E-state index contributed by atoms with van der Waals surface area (Å²) in [4.78, 5) is 29.0. The standard InChI is InChI=1S/C18H20N2O2/c1-13-5-4-10-20(12-13)17(21)9-8-15-11-14-6-2-3-7-16(14)19-18(15)22/h2-3,6-9,11,13H,4-5,10,12H2,1H3,(H,19,22)/b9-8+. The molecule has 4 nitrogen and oxygen atoms in total. The molecule has 22 heavy (non-hydrogen) atoms. The highest BCUT2D eigenvalue weighted by Crippen LogP contribution is 2.16. The van der Waals surface area contributed by atoms with Crippen molar-refractivity contribution >= 4 is 22.9 Å². The van der Waals surface area contributed by atoms with Crippen molar-refractivity contribution in [2.24, 2.45) is 5.92 Å². The molecule has 2 heterocycles. The second-order valence-electron chi connectivity index (χ2n) is 6.01. The van der Waals surface area contributed by atoms with E-state index in [0.29, 0.717) is 11.5 Å². The molecule has 1 atom stereocenters. The summed E-state index contributed by atoms with van der Waals surface area (Å²) in [5.74, 6) is 0.536. The summed E-state index contributed by atoms with van der Waals surface area (Å²) in [6.45, 7) is 3.77. The molecule has 0 saturated carbocycles. The minimum absolute atomic E-state index is 0.0147. The molecule has 0 radical (unpaired) electrons. The van der Waals surface area contributed by atoms with Crippen LogP contribution in [0.5, 0.6) is 0 Å². The van der Waals surface area contributed by atoms with Crippen LogP contribution >= 0.6 is 0 Å². The SMILES string of the molecule is CC1CCCN(C(=O)/C=C/c2cc3ccccc3[nH]c2=O)C1. The van der Waals surface area contributed by atoms with Crippen molar-refractivity contribution in [1.82, 2.24) is 9.88 Å². The van der Waals surface area contributed by atoms with E-state index < -0.39 is 0 Å². The number of rotatable bonds is 2. The number of nitrogens with zero attached hydrogens (tertiary/aromatic N) is 1. The Labute approximate surface area is 129 Å². The molecule has 1 aromatic heterocycles. The highest BCUT2D eigenvalue weighted by atomic mass is 16.2. The van der Waals surface area contributed by atoms with Crippen LogP contribution in [-0.2, 0) is 4.79 Å². The second kappa shape index (κ2) is 6.18. The van der Waals surface area contributed by atoms with Gasteiger partial charge in [-0.05, 0) is 42.4 Å². The second-order valence-corrected chi connectivity index (χ2v) is 6.01. The molecule has 1 aliphatic rings. The maximum atomic E-state index is 12.2. The van der Waals surface area contributed by atoms with Crippen molar-refractivity contribution in [3.8, 4) is 0 Å². The van der Waals surface area contributed by atoms with Gasteiger partial charge >= 0.3 is 0 Å². The van der Waals surface area contributed by atoms with Crippen molar-refractivity contribution in [2.75, 3.05) is 13.1 Å². The van der Waals surface area contributed by atoms with Crippen molar-refractivity contribution in [3.05, 3.63) is 52.3 Å². The lowest BCUT2D eigenvalue weighted by Gasteiger charge is -2.30. The topological polar surface area (TPSA) is 53.2 Å². The third-order valence-electron chi connectivity index (χ3n) is 4.16. The Hall–Kier alpha value is -2.36. The van der Waals surface area contributed by atoms with Gasteiger partial charge in [-0.1, -0.05) is 25.1 Å². The first-order chi connectivity index (χ1) is 10.6. The highest BCUT2D eigenvalue weighted by molar-refractivity contribution is 5.92. The Balaban J connectivity index is 1.81. The third kappa shape index (κ3) is 3.11. The van der Waals surface area contributed by atoms with E-state index >= 15 is 0 Å². The zero-order valence-corrected chi connectivity index (χ0v) is 12.7. The molecule has 3 rings (SSSR count). The minimum Gasteiger partial charge on any atom is -0.339 e. The number of fused-ring (bicyclic) bond motifs is 1. The van der Waals surface area contributed by atoms with Crippen molar-refractivity contribution in [3.63, 3.8) is 0 Å². The number of pyridine rings is 1. The van der Waals surface area contributed by atoms with Crippen LogP contribution in [-0.4, -0.2) is 28.9 Å². The fraction of sp³-hybridized carbons (Fsp3) is 0.333. The number of aromatic nitrogens is 1. The van der Waals surface area contributed by atoms with Crippen molar-refractivity contribution < 1.29 is 4.79 Å². The molecule has 2 aromatic rings. The van der Waals surface area contributed by atoms with Gasteiger partial charge in [-0.3, -0.25) is 9.59 Å². The summed E-state index contributed by atoms with van der Waals surface area (Å²) in [6.07, 6.45) is 5.36. The summed E-state index contributed by atoms with van der Waals surface area (Å²) < 4.78 is 0. The number of para-hydroxylation sites is 1. The molecule has 4 heteroatoms. The molecule has 1 amide bonds. The first-order valence-corrected chi connectivity index (χ1v) is 7.72. The molecule has 1 N–H and O–H groups in total. The van der Waals surface area contributed by atoms with Crippen LogP contribution in [0.3, 0.4) is 0 Å². The quantitative estimate of drug-likeness (QED) is 0.866. The minimum atomic E-state index is -0.172. The fourth-order valence-corrected chi connectivity index (χ4v) is 2.94. The number of piperidine rings is 1. The summed E-state index contributed by atoms with van der Waals surface area (Å²) in [6, 6.07) is 9.43. The van der Waals surface area contributed by atoms with Gasteiger partial charge in [-0.15, -0.1) is 0 Å². The molecule has 1 unspecified atom stereocenters. The van der Waals surface area contributed by atoms with E-state index in [4.69, 9.17) is 0 Å². The van der Waals surface area contributed by atoms with Gasteiger partial charge in [-0.2, -0.15) is 0 Å². The Bertz CT molecular complexity index is 776. The van der Waals surface area contributed by atoms with E-state index in [1.54, 1.807) is 6.08 Å². The number of hydrogen-bond acceptors (Lipinski definition) is 2. The van der Waals surface area contributed by atoms with Crippen LogP contribution in [0.15, 0.2) is 41.2 Å². The molecule has 1 saturated heterocycles. The first kappa shape index (κ1) is 14.6. The highest BCUT2D eigenvalue weighted by Gasteiger charge is 2.18. The number of likely N-dealkylation sites (tertiary alicyclic amines) is 1. The molecule has 0 bridgehead atoms. The summed E-state index contributed by atoms with van der Waals surface area (Å²) in [7, 11) is 0. The van der Waals surface area contributed by atoms with Gasteiger partial charge in [0.05, 0.1) is 0 Å². The molecule has 1 aromatic carbocycles. The smallest absolute Gasteiger partial charge is 0.255 e. The van der Waals surface area contributed by atoms with E-state index in [9.17, 15) is 9.59 Å². The van der Waals surface area contributed by atoms with E-state index in [1.807, 2.05) is 35.2 Å². The lowest BCUT2D eigenvalue weighted by atomic mass is 10.0. The Kier molecular flexibility index (Phi) is 4.09. The zero-order valence-electron chi connectivity index (χ0n) is 12.7. The first-order valence-electron chi connectivity index (χ1n) is 7.72. The average Bonchev–Trinajstić information content (AvgIpc) is 2.52. The fourth-order valence-electron chi connectivity index (χ4n) is 2.94. The van der Waals surface area contributed by atoms with Crippen molar-refractivity contribution in [2.45, 2.75) is 19.8 Å². The van der Waals surface area contributed by atoms with Gasteiger partial charge in [0.2, 0.25) is 5.91 Å². The molecule has 1 aliphatic heterocycles. The summed E-state index contributed by atoms with van der Waals surface area (Å²) in [5, 5.41) is 0.959. The number of carbonyl (C=O) groups excluding carboxylic acids is 1. The van der Waals surface area contributed by atoms with E-state index in [1.165, 1.54) is 12.5 Å². The largest absolute Gasteiger partial charge is 0.339 e. The number of carbonyl (C=O) groups is 1. The monoisotopic (exact) mass is 296 g/mol. The molecule has 1 fully saturated rings. The molecular formula is C18H20N2O2. The summed E-state index contributed by atoms with van der Waals surface area (Å²) in [5.41, 5.74) is 1.15. The maximum absolute atomic E-state index is 12.2. The predicted molar refractivity (Wildman–Crippen MR) is 88.6 cm³/mol.